The van der Waals surface area contributed by atoms with Crippen molar-refractivity contribution in [2.24, 2.45) is 0 Å². The van der Waals surface area contributed by atoms with E-state index < -0.39 is 22.0 Å². The Kier molecular flexibility index (Phi) is 7.02. The summed E-state index contributed by atoms with van der Waals surface area (Å²) in [6.45, 7) is 1.99. The van der Waals surface area contributed by atoms with Crippen LogP contribution in [0.5, 0.6) is 0 Å². The standard InChI is InChI=1S/C25H24ClN3O4S/c1-17(30)29-13-12-19-15-22(10-11-24(19)29)34(32,33)28-23(14-18-6-3-2-4-7-18)25(31)27-21-9-5-8-20(26)16-21/h2-11,15-16,23,28H,12-14H2,1H3,(H,27,31)/t23-/m1/s1. The average Bonchev–Trinajstić information content (AvgIpc) is 3.23. The average molecular weight is 498 g/mol. The highest BCUT2D eigenvalue weighted by Crippen LogP contribution is 2.30. The molecule has 1 atom stereocenters. The molecule has 0 bridgehead atoms. The van der Waals surface area contributed by atoms with Crippen molar-refractivity contribution < 1.29 is 18.0 Å². The number of hydrogen-bond donors (Lipinski definition) is 2. The van der Waals surface area contributed by atoms with E-state index in [1.165, 1.54) is 13.0 Å². The summed E-state index contributed by atoms with van der Waals surface area (Å²) in [7, 11) is -4.02. The van der Waals surface area contributed by atoms with E-state index in [0.29, 0.717) is 29.4 Å². The number of sulfonamides is 1. The molecule has 1 heterocycles. The minimum Gasteiger partial charge on any atom is -0.325 e. The molecule has 0 aliphatic carbocycles. The summed E-state index contributed by atoms with van der Waals surface area (Å²) in [6.07, 6.45) is 0.733. The summed E-state index contributed by atoms with van der Waals surface area (Å²) in [5.41, 5.74) is 2.77. The van der Waals surface area contributed by atoms with E-state index in [-0.39, 0.29) is 17.2 Å². The van der Waals surface area contributed by atoms with Crippen LogP contribution < -0.4 is 14.9 Å². The molecule has 3 aromatic carbocycles. The number of hydrogen-bond acceptors (Lipinski definition) is 4. The molecule has 176 valence electrons. The predicted molar refractivity (Wildman–Crippen MR) is 133 cm³/mol. The van der Waals surface area contributed by atoms with E-state index in [4.69, 9.17) is 11.6 Å². The second-order valence-electron chi connectivity index (χ2n) is 8.07. The van der Waals surface area contributed by atoms with Crippen molar-refractivity contribution in [1.82, 2.24) is 4.72 Å². The first-order chi connectivity index (χ1) is 16.2. The minimum atomic E-state index is -4.02. The van der Waals surface area contributed by atoms with Gasteiger partial charge in [-0.15, -0.1) is 0 Å². The van der Waals surface area contributed by atoms with Gasteiger partial charge in [-0.3, -0.25) is 9.59 Å². The first-order valence-corrected chi connectivity index (χ1v) is 12.6. The number of rotatable bonds is 7. The van der Waals surface area contributed by atoms with Crippen LogP contribution in [-0.2, 0) is 32.5 Å². The maximum Gasteiger partial charge on any atom is 0.242 e. The van der Waals surface area contributed by atoms with E-state index in [0.717, 1.165) is 11.1 Å². The number of nitrogens with one attached hydrogen (secondary N) is 2. The largest absolute Gasteiger partial charge is 0.325 e. The van der Waals surface area contributed by atoms with Gasteiger partial charge in [0, 0.05) is 29.9 Å². The highest BCUT2D eigenvalue weighted by atomic mass is 35.5. The number of fused-ring (bicyclic) bond motifs is 1. The van der Waals surface area contributed by atoms with Gasteiger partial charge in [0.05, 0.1) is 4.90 Å². The third kappa shape index (κ3) is 5.47. The molecule has 2 amide bonds. The van der Waals surface area contributed by atoms with Crippen LogP contribution in [0.3, 0.4) is 0 Å². The lowest BCUT2D eigenvalue weighted by Crippen LogP contribution is -2.45. The van der Waals surface area contributed by atoms with Crippen molar-refractivity contribution in [2.45, 2.75) is 30.7 Å². The highest BCUT2D eigenvalue weighted by Gasteiger charge is 2.29. The molecule has 34 heavy (non-hydrogen) atoms. The summed E-state index contributed by atoms with van der Waals surface area (Å²) >= 11 is 6.01. The second-order valence-corrected chi connectivity index (χ2v) is 10.2. The zero-order valence-electron chi connectivity index (χ0n) is 18.5. The van der Waals surface area contributed by atoms with Gasteiger partial charge in [0.2, 0.25) is 21.8 Å². The smallest absolute Gasteiger partial charge is 0.242 e. The minimum absolute atomic E-state index is 0.0465. The van der Waals surface area contributed by atoms with Gasteiger partial charge in [0.1, 0.15) is 6.04 Å². The topological polar surface area (TPSA) is 95.6 Å². The summed E-state index contributed by atoms with van der Waals surface area (Å²) < 4.78 is 29.1. The molecule has 3 aromatic rings. The third-order valence-corrected chi connectivity index (χ3v) is 7.33. The SMILES string of the molecule is CC(=O)N1CCc2cc(S(=O)(=O)N[C@H](Cc3ccccc3)C(=O)Nc3cccc(Cl)c3)ccc21. The Labute approximate surface area is 203 Å². The summed E-state index contributed by atoms with van der Waals surface area (Å²) in [6, 6.07) is 19.4. The Hall–Kier alpha value is -3.20. The van der Waals surface area contributed by atoms with Gasteiger partial charge in [-0.25, -0.2) is 8.42 Å². The lowest BCUT2D eigenvalue weighted by molar-refractivity contribution is -0.118. The molecule has 0 aromatic heterocycles. The quantitative estimate of drug-likeness (QED) is 0.519. The van der Waals surface area contributed by atoms with Gasteiger partial charge in [-0.05, 0) is 60.4 Å². The van der Waals surface area contributed by atoms with Crippen LogP contribution >= 0.6 is 11.6 Å². The molecule has 0 spiro atoms. The molecule has 0 radical (unpaired) electrons. The maximum absolute atomic E-state index is 13.3. The third-order valence-electron chi connectivity index (χ3n) is 5.63. The van der Waals surface area contributed by atoms with Gasteiger partial charge >= 0.3 is 0 Å². The van der Waals surface area contributed by atoms with E-state index in [1.807, 2.05) is 30.3 Å². The summed E-state index contributed by atoms with van der Waals surface area (Å²) in [5.74, 6) is -0.591. The van der Waals surface area contributed by atoms with Crippen LogP contribution in [0.15, 0.2) is 77.7 Å². The molecule has 7 nitrogen and oxygen atoms in total. The molecule has 0 fully saturated rings. The van der Waals surface area contributed by atoms with Gasteiger partial charge in [-0.2, -0.15) is 4.72 Å². The van der Waals surface area contributed by atoms with Gasteiger partial charge in [0.25, 0.3) is 0 Å². The monoisotopic (exact) mass is 497 g/mol. The highest BCUT2D eigenvalue weighted by molar-refractivity contribution is 7.89. The first-order valence-electron chi connectivity index (χ1n) is 10.8. The molecule has 2 N–H and O–H groups in total. The molecule has 1 aliphatic rings. The fourth-order valence-corrected chi connectivity index (χ4v) is 5.40. The Morgan fingerprint density at radius 1 is 1.03 bits per heavy atom. The number of nitrogens with zero attached hydrogens (tertiary/aromatic N) is 1. The van der Waals surface area contributed by atoms with Crippen LogP contribution in [0.25, 0.3) is 0 Å². The number of amides is 2. The number of halogens is 1. The zero-order valence-corrected chi connectivity index (χ0v) is 20.1. The molecular weight excluding hydrogens is 474 g/mol. The normalized spacial score (nSPS) is 13.9. The van der Waals surface area contributed by atoms with Crippen molar-refractivity contribution in [3.8, 4) is 0 Å². The van der Waals surface area contributed by atoms with Crippen molar-refractivity contribution >= 4 is 44.8 Å². The van der Waals surface area contributed by atoms with Crippen molar-refractivity contribution in [1.29, 1.82) is 0 Å². The van der Waals surface area contributed by atoms with Gasteiger partial charge in [0.15, 0.2) is 0 Å². The summed E-state index contributed by atoms with van der Waals surface area (Å²) in [4.78, 5) is 26.6. The van der Waals surface area contributed by atoms with Crippen LogP contribution in [-0.4, -0.2) is 32.8 Å². The van der Waals surface area contributed by atoms with Crippen LogP contribution in [0.1, 0.15) is 18.1 Å². The van der Waals surface area contributed by atoms with Gasteiger partial charge in [-0.1, -0.05) is 48.0 Å². The van der Waals surface area contributed by atoms with Crippen molar-refractivity contribution in [3.63, 3.8) is 0 Å². The lowest BCUT2D eigenvalue weighted by atomic mass is 10.1. The number of carbonyl (C=O) groups excluding carboxylic acids is 2. The zero-order chi connectivity index (χ0) is 24.3. The Morgan fingerprint density at radius 3 is 2.50 bits per heavy atom. The Balaban J connectivity index is 1.60. The van der Waals surface area contributed by atoms with E-state index in [9.17, 15) is 18.0 Å². The molecule has 1 aliphatic heterocycles. The van der Waals surface area contributed by atoms with Crippen LogP contribution in [0.4, 0.5) is 11.4 Å². The molecule has 0 saturated heterocycles. The Bertz CT molecular complexity index is 1330. The molecule has 0 unspecified atom stereocenters. The first kappa shape index (κ1) is 23.9. The van der Waals surface area contributed by atoms with Crippen LogP contribution in [0, 0.1) is 0 Å². The second kappa shape index (κ2) is 9.97. The number of benzene rings is 3. The van der Waals surface area contributed by atoms with E-state index in [2.05, 4.69) is 10.0 Å². The molecule has 0 saturated carbocycles. The maximum atomic E-state index is 13.3. The fourth-order valence-electron chi connectivity index (χ4n) is 3.96. The molecule has 9 heteroatoms. The number of anilines is 2. The predicted octanol–water partition coefficient (Wildman–Crippen LogP) is 3.78. The summed E-state index contributed by atoms with van der Waals surface area (Å²) in [5, 5.41) is 3.20. The van der Waals surface area contributed by atoms with Crippen molar-refractivity contribution in [2.75, 3.05) is 16.8 Å². The van der Waals surface area contributed by atoms with E-state index in [1.54, 1.807) is 41.3 Å². The Morgan fingerprint density at radius 2 is 1.79 bits per heavy atom. The lowest BCUT2D eigenvalue weighted by Gasteiger charge is -2.20. The fraction of sp³-hybridized carbons (Fsp3) is 0.200. The van der Waals surface area contributed by atoms with Crippen molar-refractivity contribution in [3.05, 3.63) is 88.9 Å². The number of carbonyl (C=O) groups is 2. The van der Waals surface area contributed by atoms with E-state index >= 15 is 0 Å². The van der Waals surface area contributed by atoms with Gasteiger partial charge < -0.3 is 10.2 Å². The molecular formula is C25H24ClN3O4S. The molecule has 4 rings (SSSR count). The van der Waals surface area contributed by atoms with Crippen LogP contribution in [0.2, 0.25) is 5.02 Å².